The van der Waals surface area contributed by atoms with Gasteiger partial charge in [0, 0.05) is 39.0 Å². The molecule has 0 bridgehead atoms. The van der Waals surface area contributed by atoms with Crippen molar-refractivity contribution in [2.24, 2.45) is 0 Å². The van der Waals surface area contributed by atoms with Crippen molar-refractivity contribution in [3.63, 3.8) is 0 Å². The van der Waals surface area contributed by atoms with Crippen molar-refractivity contribution in [1.29, 1.82) is 0 Å². The van der Waals surface area contributed by atoms with Crippen LogP contribution < -0.4 is 5.32 Å². The number of rotatable bonds is 47. The average Bonchev–Trinajstić information content (AvgIpc) is 3.29. The number of nitrogens with zero attached hydrogens (tertiary/aromatic N) is 2. The lowest BCUT2D eigenvalue weighted by Crippen LogP contribution is -2.44. The van der Waals surface area contributed by atoms with E-state index in [9.17, 15) is 19.2 Å². The van der Waals surface area contributed by atoms with E-state index in [0.29, 0.717) is 64.8 Å². The van der Waals surface area contributed by atoms with E-state index >= 15 is 0 Å². The number of nitrogens with one attached hydrogen (secondary N) is 1. The van der Waals surface area contributed by atoms with Gasteiger partial charge in [0.25, 0.3) is 0 Å². The maximum atomic E-state index is 13.0. The third kappa shape index (κ3) is 48.0. The Bertz CT molecular complexity index is 1190. The molecule has 0 rings (SSSR count). The van der Waals surface area contributed by atoms with Crippen molar-refractivity contribution in [2.75, 3.05) is 53.5 Å². The van der Waals surface area contributed by atoms with Crippen LogP contribution >= 0.6 is 0 Å². The van der Waals surface area contributed by atoms with Gasteiger partial charge in [-0.1, -0.05) is 141 Å². The highest BCUT2D eigenvalue weighted by atomic mass is 16.6. The zero-order valence-electron chi connectivity index (χ0n) is 45.3. The van der Waals surface area contributed by atoms with Crippen molar-refractivity contribution in [2.45, 2.75) is 265 Å². The number of amides is 2. The standard InChI is InChI=1S/C57H107N3O8/c1-8-10-12-14-16-18-20-22-24-26-28-30-32-34-36-44-53(61)65-50-40-38-42-52(67-55(63)58-46-47-60(49-48-59(6)7)56(64)68-57(3,4)5)43-39-41-51-66-54(62)45-37-35-33-31-29-27-25-23-21-19-17-15-13-11-9-2/h22-25,52H,8-21,26-51H2,1-7H3,(H,58,63)/b24-22-,25-23-. The Labute approximate surface area is 418 Å². The van der Waals surface area contributed by atoms with Gasteiger partial charge in [-0.2, -0.15) is 0 Å². The van der Waals surface area contributed by atoms with Crippen LogP contribution in [0.1, 0.15) is 253 Å². The first-order valence-electron chi connectivity index (χ1n) is 28.1. The van der Waals surface area contributed by atoms with Crippen LogP contribution in [0.4, 0.5) is 9.59 Å². The maximum Gasteiger partial charge on any atom is 0.410 e. The first-order chi connectivity index (χ1) is 32.9. The molecule has 11 heteroatoms. The molecule has 0 aliphatic rings. The van der Waals surface area contributed by atoms with Crippen molar-refractivity contribution >= 4 is 24.1 Å². The zero-order valence-corrected chi connectivity index (χ0v) is 45.3. The number of carbonyl (C=O) groups excluding carboxylic acids is 4. The van der Waals surface area contributed by atoms with Crippen molar-refractivity contribution in [3.8, 4) is 0 Å². The fourth-order valence-electron chi connectivity index (χ4n) is 7.83. The molecule has 0 aromatic rings. The average molecular weight is 962 g/mol. The molecule has 0 saturated carbocycles. The highest BCUT2D eigenvalue weighted by molar-refractivity contribution is 5.70. The minimum Gasteiger partial charge on any atom is -0.466 e. The van der Waals surface area contributed by atoms with Crippen LogP contribution in [0.25, 0.3) is 0 Å². The van der Waals surface area contributed by atoms with Crippen molar-refractivity contribution in [3.05, 3.63) is 24.3 Å². The summed E-state index contributed by atoms with van der Waals surface area (Å²) in [6, 6.07) is 0. The molecular formula is C57H107N3O8. The SMILES string of the molecule is CCCCCCCC/C=C\CCCCCCCC(=O)OCCCCC(CCCCOC(=O)CCCCCCC/C=C\CCCCCCCC)OC(=O)NCCN(CCN(C)C)C(=O)OC(C)(C)C. The molecule has 0 aliphatic heterocycles. The minimum absolute atomic E-state index is 0.146. The van der Waals surface area contributed by atoms with Crippen LogP contribution in [0.5, 0.6) is 0 Å². The number of unbranched alkanes of at least 4 members (excludes halogenated alkanes) is 24. The van der Waals surface area contributed by atoms with E-state index in [1.807, 2.05) is 39.8 Å². The van der Waals surface area contributed by atoms with Crippen LogP contribution in [0.3, 0.4) is 0 Å². The summed E-state index contributed by atoms with van der Waals surface area (Å²) >= 11 is 0. The highest BCUT2D eigenvalue weighted by Crippen LogP contribution is 2.16. The number of allylic oxidation sites excluding steroid dienone is 4. The smallest absolute Gasteiger partial charge is 0.410 e. The summed E-state index contributed by atoms with van der Waals surface area (Å²) < 4.78 is 22.6. The van der Waals surface area contributed by atoms with Gasteiger partial charge in [0.15, 0.2) is 0 Å². The molecule has 1 N–H and O–H groups in total. The Balaban J connectivity index is 4.58. The lowest BCUT2D eigenvalue weighted by molar-refractivity contribution is -0.144. The predicted octanol–water partition coefficient (Wildman–Crippen LogP) is 15.4. The fraction of sp³-hybridized carbons (Fsp3) is 0.860. The molecule has 0 radical (unpaired) electrons. The lowest BCUT2D eigenvalue weighted by atomic mass is 10.1. The Hall–Kier alpha value is -3.08. The maximum absolute atomic E-state index is 13.0. The third-order valence-electron chi connectivity index (χ3n) is 12.0. The topological polar surface area (TPSA) is 124 Å². The fourth-order valence-corrected chi connectivity index (χ4v) is 7.83. The zero-order chi connectivity index (χ0) is 50.2. The van der Waals surface area contributed by atoms with Gasteiger partial charge in [-0.05, 0) is 138 Å². The van der Waals surface area contributed by atoms with Crippen LogP contribution in [0, 0.1) is 0 Å². The quantitative estimate of drug-likeness (QED) is 0.0275. The summed E-state index contributed by atoms with van der Waals surface area (Å²) in [5.41, 5.74) is -0.628. The van der Waals surface area contributed by atoms with Gasteiger partial charge < -0.3 is 34.1 Å². The number of ether oxygens (including phenoxy) is 4. The van der Waals surface area contributed by atoms with E-state index < -0.39 is 17.8 Å². The van der Waals surface area contributed by atoms with E-state index in [4.69, 9.17) is 18.9 Å². The van der Waals surface area contributed by atoms with Gasteiger partial charge in [-0.15, -0.1) is 0 Å². The van der Waals surface area contributed by atoms with Gasteiger partial charge in [-0.25, -0.2) is 9.59 Å². The molecule has 0 unspecified atom stereocenters. The van der Waals surface area contributed by atoms with E-state index in [0.717, 1.165) is 64.2 Å². The Morgan fingerprint density at radius 2 is 0.897 bits per heavy atom. The molecule has 2 amide bonds. The summed E-state index contributed by atoms with van der Waals surface area (Å²) in [6.07, 6.45) is 44.8. The van der Waals surface area contributed by atoms with E-state index in [2.05, 4.69) is 43.5 Å². The highest BCUT2D eigenvalue weighted by Gasteiger charge is 2.23. The first kappa shape index (κ1) is 64.9. The molecule has 68 heavy (non-hydrogen) atoms. The molecule has 0 aliphatic carbocycles. The second-order valence-corrected chi connectivity index (χ2v) is 20.3. The molecule has 0 atom stereocenters. The third-order valence-corrected chi connectivity index (χ3v) is 12.0. The van der Waals surface area contributed by atoms with Gasteiger partial charge in [0.1, 0.15) is 11.7 Å². The van der Waals surface area contributed by atoms with Gasteiger partial charge in [0.05, 0.1) is 13.2 Å². The lowest BCUT2D eigenvalue weighted by Gasteiger charge is -2.28. The first-order valence-corrected chi connectivity index (χ1v) is 28.1. The summed E-state index contributed by atoms with van der Waals surface area (Å²) in [7, 11) is 3.88. The second kappa shape index (κ2) is 47.6. The van der Waals surface area contributed by atoms with Crippen molar-refractivity contribution < 1.29 is 38.1 Å². The molecule has 0 saturated heterocycles. The Kier molecular flexibility index (Phi) is 45.4. The summed E-state index contributed by atoms with van der Waals surface area (Å²) in [5.74, 6) is -0.291. The Morgan fingerprint density at radius 1 is 0.500 bits per heavy atom. The van der Waals surface area contributed by atoms with E-state index in [-0.39, 0.29) is 31.1 Å². The second-order valence-electron chi connectivity index (χ2n) is 20.3. The summed E-state index contributed by atoms with van der Waals surface area (Å²) in [5, 5.41) is 2.82. The Morgan fingerprint density at radius 3 is 1.29 bits per heavy atom. The van der Waals surface area contributed by atoms with Gasteiger partial charge in [-0.3, -0.25) is 9.59 Å². The number of hydrogen-bond donors (Lipinski definition) is 1. The van der Waals surface area contributed by atoms with E-state index in [1.165, 1.54) is 116 Å². The number of carbonyl (C=O) groups is 4. The molecular weight excluding hydrogens is 855 g/mol. The van der Waals surface area contributed by atoms with Crippen LogP contribution in [0.2, 0.25) is 0 Å². The minimum atomic E-state index is -0.628. The molecule has 398 valence electrons. The molecule has 0 spiro atoms. The molecule has 0 aromatic carbocycles. The number of esters is 2. The van der Waals surface area contributed by atoms with Crippen LogP contribution in [-0.2, 0) is 28.5 Å². The molecule has 0 heterocycles. The number of likely N-dealkylation sites (N-methyl/N-ethyl adjacent to an activating group) is 1. The predicted molar refractivity (Wildman–Crippen MR) is 283 cm³/mol. The monoisotopic (exact) mass is 962 g/mol. The van der Waals surface area contributed by atoms with Gasteiger partial charge >= 0.3 is 24.1 Å². The summed E-state index contributed by atoms with van der Waals surface area (Å²) in [6.45, 7) is 12.3. The van der Waals surface area contributed by atoms with Gasteiger partial charge in [0.2, 0.25) is 0 Å². The number of hydrogen-bond acceptors (Lipinski definition) is 9. The summed E-state index contributed by atoms with van der Waals surface area (Å²) in [4.78, 5) is 54.3. The molecule has 11 nitrogen and oxygen atoms in total. The molecule has 0 fully saturated rings. The van der Waals surface area contributed by atoms with E-state index in [1.54, 1.807) is 4.90 Å². The van der Waals surface area contributed by atoms with Crippen molar-refractivity contribution in [1.82, 2.24) is 15.1 Å². The normalized spacial score (nSPS) is 11.8. The number of alkyl carbamates (subject to hydrolysis) is 1. The van der Waals surface area contributed by atoms with Crippen LogP contribution in [-0.4, -0.2) is 99.1 Å². The van der Waals surface area contributed by atoms with Crippen LogP contribution in [0.15, 0.2) is 24.3 Å². The largest absolute Gasteiger partial charge is 0.466 e. The molecule has 0 aromatic heterocycles.